The van der Waals surface area contributed by atoms with Crippen molar-refractivity contribution < 1.29 is 23.1 Å². The second-order valence-electron chi connectivity index (χ2n) is 2.85. The summed E-state index contributed by atoms with van der Waals surface area (Å²) in [7, 11) is 0. The molecular formula is C9H7F3O2. The van der Waals surface area contributed by atoms with E-state index >= 15 is 0 Å². The van der Waals surface area contributed by atoms with Gasteiger partial charge < -0.3 is 5.11 Å². The fraction of sp³-hybridized carbons (Fsp3) is 0.222. The first-order chi connectivity index (χ1) is 6.36. The molecule has 76 valence electrons. The molecular weight excluding hydrogens is 197 g/mol. The van der Waals surface area contributed by atoms with E-state index in [1.165, 1.54) is 13.0 Å². The van der Waals surface area contributed by atoms with Crippen molar-refractivity contribution in [2.24, 2.45) is 0 Å². The van der Waals surface area contributed by atoms with E-state index in [4.69, 9.17) is 5.11 Å². The summed E-state index contributed by atoms with van der Waals surface area (Å²) >= 11 is 0. The second kappa shape index (κ2) is 3.32. The van der Waals surface area contributed by atoms with Gasteiger partial charge in [-0.2, -0.15) is 13.2 Å². The molecule has 0 atom stereocenters. The number of rotatable bonds is 1. The molecule has 0 saturated carbocycles. The first kappa shape index (κ1) is 10.6. The Kier molecular flexibility index (Phi) is 2.51. The van der Waals surface area contributed by atoms with E-state index in [1.807, 2.05) is 0 Å². The molecule has 0 amide bonds. The minimum atomic E-state index is -4.64. The van der Waals surface area contributed by atoms with Gasteiger partial charge in [0.15, 0.2) is 0 Å². The van der Waals surface area contributed by atoms with Crippen molar-refractivity contribution in [3.8, 4) is 5.75 Å². The largest absolute Gasteiger partial charge is 0.507 e. The molecule has 0 aliphatic rings. The summed E-state index contributed by atoms with van der Waals surface area (Å²) in [6.45, 7) is 1.30. The van der Waals surface area contributed by atoms with Crippen LogP contribution in [-0.4, -0.2) is 11.4 Å². The molecule has 0 unspecified atom stereocenters. The van der Waals surface area contributed by atoms with Crippen LogP contribution in [0.3, 0.4) is 0 Å². The molecule has 0 aromatic heterocycles. The van der Waals surface area contributed by atoms with Crippen LogP contribution >= 0.6 is 0 Å². The number of phenols is 1. The molecule has 5 heteroatoms. The SMILES string of the molecule is Cc1cc(C=O)cc(C(F)(F)F)c1O. The van der Waals surface area contributed by atoms with E-state index in [9.17, 15) is 18.0 Å². The molecule has 1 rings (SSSR count). The Bertz CT molecular complexity index is 369. The Morgan fingerprint density at radius 3 is 2.36 bits per heavy atom. The topological polar surface area (TPSA) is 37.3 Å². The summed E-state index contributed by atoms with van der Waals surface area (Å²) in [6.07, 6.45) is -4.34. The molecule has 0 fully saturated rings. The molecule has 2 nitrogen and oxygen atoms in total. The third-order valence-corrected chi connectivity index (χ3v) is 1.76. The van der Waals surface area contributed by atoms with E-state index in [0.29, 0.717) is 12.4 Å². The molecule has 0 spiro atoms. The molecule has 1 aromatic carbocycles. The number of carbonyl (C=O) groups excluding carboxylic acids is 1. The van der Waals surface area contributed by atoms with Gasteiger partial charge in [-0.3, -0.25) is 4.79 Å². The van der Waals surface area contributed by atoms with Crippen molar-refractivity contribution in [3.63, 3.8) is 0 Å². The lowest BCUT2D eigenvalue weighted by Crippen LogP contribution is -2.06. The minimum absolute atomic E-state index is 0.0296. The van der Waals surface area contributed by atoms with E-state index in [-0.39, 0.29) is 11.1 Å². The highest BCUT2D eigenvalue weighted by Crippen LogP contribution is 2.37. The van der Waals surface area contributed by atoms with Crippen molar-refractivity contribution in [3.05, 3.63) is 28.8 Å². The molecule has 0 saturated heterocycles. The lowest BCUT2D eigenvalue weighted by Gasteiger charge is -2.11. The minimum Gasteiger partial charge on any atom is -0.507 e. The van der Waals surface area contributed by atoms with Crippen LogP contribution in [0.25, 0.3) is 0 Å². The predicted octanol–water partition coefficient (Wildman–Crippen LogP) is 2.53. The summed E-state index contributed by atoms with van der Waals surface area (Å²) < 4.78 is 36.8. The number of aromatic hydroxyl groups is 1. The molecule has 0 heterocycles. The number of aryl methyl sites for hydroxylation is 1. The summed E-state index contributed by atoms with van der Waals surface area (Å²) in [5, 5.41) is 9.12. The first-order valence-electron chi connectivity index (χ1n) is 3.72. The van der Waals surface area contributed by atoms with Gasteiger partial charge in [-0.15, -0.1) is 0 Å². The van der Waals surface area contributed by atoms with E-state index < -0.39 is 17.5 Å². The van der Waals surface area contributed by atoms with Gasteiger partial charge in [0.2, 0.25) is 0 Å². The van der Waals surface area contributed by atoms with Gasteiger partial charge >= 0.3 is 6.18 Å². The third-order valence-electron chi connectivity index (χ3n) is 1.76. The number of phenolic OH excluding ortho intramolecular Hbond substituents is 1. The van der Waals surface area contributed by atoms with Crippen LogP contribution in [0.2, 0.25) is 0 Å². The quantitative estimate of drug-likeness (QED) is 0.713. The number of hydrogen-bond acceptors (Lipinski definition) is 2. The zero-order valence-corrected chi connectivity index (χ0v) is 7.22. The molecule has 0 aliphatic heterocycles. The van der Waals surface area contributed by atoms with Gasteiger partial charge in [-0.25, -0.2) is 0 Å². The number of hydrogen-bond donors (Lipinski definition) is 1. The van der Waals surface area contributed by atoms with Crippen LogP contribution in [0.15, 0.2) is 12.1 Å². The Morgan fingerprint density at radius 2 is 1.93 bits per heavy atom. The number of benzene rings is 1. The number of carbonyl (C=O) groups is 1. The van der Waals surface area contributed by atoms with Crippen LogP contribution in [0, 0.1) is 6.92 Å². The van der Waals surface area contributed by atoms with Crippen molar-refractivity contribution in [2.75, 3.05) is 0 Å². The Morgan fingerprint density at radius 1 is 1.36 bits per heavy atom. The van der Waals surface area contributed by atoms with Crippen molar-refractivity contribution in [1.82, 2.24) is 0 Å². The van der Waals surface area contributed by atoms with Gasteiger partial charge in [0.05, 0.1) is 5.56 Å². The zero-order chi connectivity index (χ0) is 10.9. The standard InChI is InChI=1S/C9H7F3O2/c1-5-2-6(4-13)3-7(8(5)14)9(10,11)12/h2-4,14H,1H3. The summed E-state index contributed by atoms with van der Waals surface area (Å²) in [5.74, 6) is -0.830. The molecule has 14 heavy (non-hydrogen) atoms. The molecule has 1 N–H and O–H groups in total. The average Bonchev–Trinajstić information content (AvgIpc) is 2.07. The van der Waals surface area contributed by atoms with Gasteiger partial charge in [0, 0.05) is 5.56 Å². The maximum Gasteiger partial charge on any atom is 0.419 e. The maximum atomic E-state index is 12.3. The van der Waals surface area contributed by atoms with Crippen LogP contribution in [-0.2, 0) is 6.18 Å². The van der Waals surface area contributed by atoms with Gasteiger partial charge in [-0.1, -0.05) is 0 Å². The fourth-order valence-electron chi connectivity index (χ4n) is 1.09. The van der Waals surface area contributed by atoms with Crippen LogP contribution in [0.4, 0.5) is 13.2 Å². The van der Waals surface area contributed by atoms with E-state index in [0.717, 1.165) is 0 Å². The fourth-order valence-corrected chi connectivity index (χ4v) is 1.09. The van der Waals surface area contributed by atoms with Gasteiger partial charge in [-0.05, 0) is 24.6 Å². The smallest absolute Gasteiger partial charge is 0.419 e. The van der Waals surface area contributed by atoms with Gasteiger partial charge in [0.1, 0.15) is 12.0 Å². The number of halogens is 3. The van der Waals surface area contributed by atoms with Crippen LogP contribution in [0.1, 0.15) is 21.5 Å². The molecule has 0 aliphatic carbocycles. The number of alkyl halides is 3. The summed E-state index contributed by atoms with van der Waals surface area (Å²) in [6, 6.07) is 1.81. The van der Waals surface area contributed by atoms with Crippen LogP contribution in [0.5, 0.6) is 5.75 Å². The number of aldehydes is 1. The van der Waals surface area contributed by atoms with Crippen LogP contribution < -0.4 is 0 Å². The first-order valence-corrected chi connectivity index (χ1v) is 3.72. The molecule has 0 bridgehead atoms. The molecule has 1 aromatic rings. The average molecular weight is 204 g/mol. The summed E-state index contributed by atoms with van der Waals surface area (Å²) in [5.41, 5.74) is -1.26. The second-order valence-corrected chi connectivity index (χ2v) is 2.85. The van der Waals surface area contributed by atoms with Crippen molar-refractivity contribution in [1.29, 1.82) is 0 Å². The highest BCUT2D eigenvalue weighted by molar-refractivity contribution is 5.76. The lowest BCUT2D eigenvalue weighted by molar-refractivity contribution is -0.138. The summed E-state index contributed by atoms with van der Waals surface area (Å²) in [4.78, 5) is 10.3. The van der Waals surface area contributed by atoms with E-state index in [2.05, 4.69) is 0 Å². The molecule has 0 radical (unpaired) electrons. The predicted molar refractivity (Wildman–Crippen MR) is 43.2 cm³/mol. The Hall–Kier alpha value is -1.52. The maximum absolute atomic E-state index is 12.3. The highest BCUT2D eigenvalue weighted by Gasteiger charge is 2.34. The van der Waals surface area contributed by atoms with Gasteiger partial charge in [0.25, 0.3) is 0 Å². The van der Waals surface area contributed by atoms with Crippen molar-refractivity contribution >= 4 is 6.29 Å². The Labute approximate surface area is 78.0 Å². The third kappa shape index (κ3) is 1.86. The zero-order valence-electron chi connectivity index (χ0n) is 7.22. The van der Waals surface area contributed by atoms with E-state index in [1.54, 1.807) is 0 Å². The highest BCUT2D eigenvalue weighted by atomic mass is 19.4. The monoisotopic (exact) mass is 204 g/mol. The Balaban J connectivity index is 3.42. The lowest BCUT2D eigenvalue weighted by atomic mass is 10.1. The normalized spacial score (nSPS) is 11.4. The van der Waals surface area contributed by atoms with Crippen molar-refractivity contribution in [2.45, 2.75) is 13.1 Å².